The summed E-state index contributed by atoms with van der Waals surface area (Å²) in [5.41, 5.74) is 5.38. The molecule has 0 unspecified atom stereocenters. The van der Waals surface area contributed by atoms with Crippen molar-refractivity contribution in [2.45, 2.75) is 79.1 Å². The molecular weight excluding hydrogens is 410 g/mol. The van der Waals surface area contributed by atoms with E-state index in [4.69, 9.17) is 0 Å². The van der Waals surface area contributed by atoms with Crippen molar-refractivity contribution in [2.75, 3.05) is 0 Å². The molecule has 0 aliphatic carbocycles. The lowest BCUT2D eigenvalue weighted by atomic mass is 9.88. The Hall–Kier alpha value is -2.48. The molecule has 0 heterocycles. The third-order valence-corrected chi connectivity index (χ3v) is 6.36. The SMILES string of the molecule is CCCCCCCc1ccc(-c2ccc(-c3ccc(CCC(C)(C)C)cc3)cc2)c(F)c1F. The van der Waals surface area contributed by atoms with Gasteiger partial charge in [-0.1, -0.05) is 114 Å². The lowest BCUT2D eigenvalue weighted by Crippen LogP contribution is -2.06. The van der Waals surface area contributed by atoms with E-state index in [1.807, 2.05) is 24.3 Å². The first kappa shape index (κ1) is 25.1. The zero-order valence-electron chi connectivity index (χ0n) is 20.7. The average Bonchev–Trinajstić information content (AvgIpc) is 2.80. The van der Waals surface area contributed by atoms with Gasteiger partial charge in [-0.3, -0.25) is 0 Å². The molecule has 33 heavy (non-hydrogen) atoms. The van der Waals surface area contributed by atoms with Gasteiger partial charge >= 0.3 is 0 Å². The molecule has 0 spiro atoms. The quantitative estimate of drug-likeness (QED) is 0.271. The van der Waals surface area contributed by atoms with Gasteiger partial charge in [-0.05, 0) is 58.9 Å². The highest BCUT2D eigenvalue weighted by Crippen LogP contribution is 2.30. The predicted octanol–water partition coefficient (Wildman–Crippen LogP) is 9.79. The van der Waals surface area contributed by atoms with Gasteiger partial charge in [-0.15, -0.1) is 0 Å². The van der Waals surface area contributed by atoms with Crippen LogP contribution < -0.4 is 0 Å². The number of aryl methyl sites for hydroxylation is 2. The molecule has 0 amide bonds. The van der Waals surface area contributed by atoms with E-state index in [9.17, 15) is 8.78 Å². The summed E-state index contributed by atoms with van der Waals surface area (Å²) in [5.74, 6) is -1.44. The fraction of sp³-hybridized carbons (Fsp3) is 0.419. The molecule has 3 aromatic rings. The second kappa shape index (κ2) is 11.6. The van der Waals surface area contributed by atoms with Gasteiger partial charge in [0.2, 0.25) is 0 Å². The summed E-state index contributed by atoms with van der Waals surface area (Å²) in [4.78, 5) is 0. The highest BCUT2D eigenvalue weighted by atomic mass is 19.2. The van der Waals surface area contributed by atoms with Crippen LogP contribution in [-0.2, 0) is 12.8 Å². The fourth-order valence-corrected chi connectivity index (χ4v) is 4.15. The van der Waals surface area contributed by atoms with Crippen LogP contribution in [0, 0.1) is 17.0 Å². The maximum Gasteiger partial charge on any atom is 0.166 e. The van der Waals surface area contributed by atoms with Gasteiger partial charge in [-0.2, -0.15) is 0 Å². The molecule has 0 saturated heterocycles. The van der Waals surface area contributed by atoms with Gasteiger partial charge in [0.1, 0.15) is 0 Å². The molecule has 0 atom stereocenters. The van der Waals surface area contributed by atoms with Crippen LogP contribution in [0.15, 0.2) is 60.7 Å². The van der Waals surface area contributed by atoms with E-state index in [0.717, 1.165) is 43.2 Å². The van der Waals surface area contributed by atoms with Gasteiger partial charge in [0, 0.05) is 5.56 Å². The van der Waals surface area contributed by atoms with Crippen LogP contribution in [0.1, 0.15) is 77.3 Å². The van der Waals surface area contributed by atoms with Crippen molar-refractivity contribution in [2.24, 2.45) is 5.41 Å². The molecule has 0 aromatic heterocycles. The molecule has 0 radical (unpaired) electrons. The first-order chi connectivity index (χ1) is 15.8. The zero-order valence-corrected chi connectivity index (χ0v) is 20.7. The third kappa shape index (κ3) is 7.25. The molecule has 2 heteroatoms. The maximum absolute atomic E-state index is 14.8. The van der Waals surface area contributed by atoms with E-state index in [2.05, 4.69) is 52.0 Å². The number of hydrogen-bond donors (Lipinski definition) is 0. The Kier molecular flexibility index (Phi) is 8.83. The van der Waals surface area contributed by atoms with Crippen LogP contribution in [0.4, 0.5) is 8.78 Å². The Morgan fingerprint density at radius 1 is 0.606 bits per heavy atom. The van der Waals surface area contributed by atoms with Gasteiger partial charge in [0.05, 0.1) is 0 Å². The van der Waals surface area contributed by atoms with Crippen molar-refractivity contribution >= 4 is 0 Å². The summed E-state index contributed by atoms with van der Waals surface area (Å²) in [6.07, 6.45) is 8.33. The lowest BCUT2D eigenvalue weighted by Gasteiger charge is -2.17. The Bertz CT molecular complexity index is 1010. The van der Waals surface area contributed by atoms with Crippen LogP contribution >= 0.6 is 0 Å². The molecule has 0 aliphatic heterocycles. The summed E-state index contributed by atoms with van der Waals surface area (Å²) >= 11 is 0. The topological polar surface area (TPSA) is 0 Å². The van der Waals surface area contributed by atoms with Gasteiger partial charge in [0.15, 0.2) is 11.6 Å². The fourth-order valence-electron chi connectivity index (χ4n) is 4.15. The summed E-state index contributed by atoms with van der Waals surface area (Å²) in [6, 6.07) is 19.9. The van der Waals surface area contributed by atoms with E-state index >= 15 is 0 Å². The molecule has 0 N–H and O–H groups in total. The summed E-state index contributed by atoms with van der Waals surface area (Å²) < 4.78 is 29.5. The number of rotatable bonds is 10. The van der Waals surface area contributed by atoms with Gasteiger partial charge < -0.3 is 0 Å². The Morgan fingerprint density at radius 2 is 1.18 bits per heavy atom. The second-order valence-corrected chi connectivity index (χ2v) is 10.4. The molecule has 0 saturated carbocycles. The van der Waals surface area contributed by atoms with Crippen molar-refractivity contribution in [3.63, 3.8) is 0 Å². The number of hydrogen-bond acceptors (Lipinski definition) is 0. The van der Waals surface area contributed by atoms with Crippen molar-refractivity contribution in [3.8, 4) is 22.3 Å². The van der Waals surface area contributed by atoms with Crippen molar-refractivity contribution in [1.29, 1.82) is 0 Å². The zero-order chi connectivity index (χ0) is 23.8. The number of unbranched alkanes of at least 4 members (excludes halogenated alkanes) is 4. The normalized spacial score (nSPS) is 11.7. The van der Waals surface area contributed by atoms with Crippen LogP contribution in [0.2, 0.25) is 0 Å². The van der Waals surface area contributed by atoms with E-state index < -0.39 is 11.6 Å². The Morgan fingerprint density at radius 3 is 1.79 bits per heavy atom. The molecule has 0 nitrogen and oxygen atoms in total. The third-order valence-electron chi connectivity index (χ3n) is 6.36. The minimum absolute atomic E-state index is 0.325. The predicted molar refractivity (Wildman–Crippen MR) is 137 cm³/mol. The number of benzene rings is 3. The largest absolute Gasteiger partial charge is 0.203 e. The monoisotopic (exact) mass is 448 g/mol. The van der Waals surface area contributed by atoms with Gasteiger partial charge in [-0.25, -0.2) is 8.78 Å². The van der Waals surface area contributed by atoms with Crippen LogP contribution in [-0.4, -0.2) is 0 Å². The lowest BCUT2D eigenvalue weighted by molar-refractivity contribution is 0.378. The highest BCUT2D eigenvalue weighted by molar-refractivity contribution is 5.71. The minimum Gasteiger partial charge on any atom is -0.203 e. The van der Waals surface area contributed by atoms with Crippen LogP contribution in [0.5, 0.6) is 0 Å². The van der Waals surface area contributed by atoms with Crippen LogP contribution in [0.25, 0.3) is 22.3 Å². The summed E-state index contributed by atoms with van der Waals surface area (Å²) in [7, 11) is 0. The number of halogens is 2. The van der Waals surface area contributed by atoms with Crippen molar-refractivity contribution in [3.05, 3.63) is 83.4 Å². The second-order valence-electron chi connectivity index (χ2n) is 10.4. The first-order valence-corrected chi connectivity index (χ1v) is 12.4. The van der Waals surface area contributed by atoms with E-state index in [1.165, 1.54) is 18.4 Å². The molecule has 3 rings (SSSR count). The molecule has 0 aliphatic rings. The van der Waals surface area contributed by atoms with Gasteiger partial charge in [0.25, 0.3) is 0 Å². The van der Waals surface area contributed by atoms with E-state index in [1.54, 1.807) is 12.1 Å². The molecule has 0 bridgehead atoms. The first-order valence-electron chi connectivity index (χ1n) is 12.4. The average molecular weight is 449 g/mol. The smallest absolute Gasteiger partial charge is 0.166 e. The molecular formula is C31H38F2. The summed E-state index contributed by atoms with van der Waals surface area (Å²) in [6.45, 7) is 8.96. The van der Waals surface area contributed by atoms with E-state index in [0.29, 0.717) is 28.5 Å². The maximum atomic E-state index is 14.8. The summed E-state index contributed by atoms with van der Waals surface area (Å²) in [5, 5.41) is 0. The van der Waals surface area contributed by atoms with Crippen molar-refractivity contribution < 1.29 is 8.78 Å². The molecule has 3 aromatic carbocycles. The Labute approximate surface area is 199 Å². The van der Waals surface area contributed by atoms with E-state index in [-0.39, 0.29) is 0 Å². The standard InChI is InChI=1S/C31H38F2/c1-5-6-7-8-9-10-27-19-20-28(30(33)29(27)32)26-17-15-25(16-18-26)24-13-11-23(12-14-24)21-22-31(2,3)4/h11-20H,5-10,21-22H2,1-4H3. The van der Waals surface area contributed by atoms with Crippen molar-refractivity contribution in [1.82, 2.24) is 0 Å². The highest BCUT2D eigenvalue weighted by Gasteiger charge is 2.15. The Balaban J connectivity index is 1.67. The molecule has 0 fully saturated rings. The van der Waals surface area contributed by atoms with Crippen LogP contribution in [0.3, 0.4) is 0 Å². The molecule has 176 valence electrons. The minimum atomic E-state index is -0.739.